The number of aromatic nitrogens is 1. The van der Waals surface area contributed by atoms with Crippen molar-refractivity contribution in [3.8, 4) is 6.07 Å². The van der Waals surface area contributed by atoms with E-state index in [2.05, 4.69) is 15.9 Å². The van der Waals surface area contributed by atoms with Gasteiger partial charge >= 0.3 is 0 Å². The van der Waals surface area contributed by atoms with E-state index >= 15 is 0 Å². The zero-order valence-electron chi connectivity index (χ0n) is 9.85. The van der Waals surface area contributed by atoms with Gasteiger partial charge in [0.1, 0.15) is 11.6 Å². The van der Waals surface area contributed by atoms with Gasteiger partial charge < -0.3 is 4.57 Å². The molecule has 0 atom stereocenters. The summed E-state index contributed by atoms with van der Waals surface area (Å²) in [5.74, 6) is 0. The molecule has 1 heterocycles. The molecule has 0 bridgehead atoms. The van der Waals surface area contributed by atoms with Crippen molar-refractivity contribution >= 4 is 15.9 Å². The van der Waals surface area contributed by atoms with Gasteiger partial charge in [-0.3, -0.25) is 4.79 Å². The summed E-state index contributed by atoms with van der Waals surface area (Å²) in [6.07, 6.45) is 1.72. The molecule has 0 aliphatic heterocycles. The highest BCUT2D eigenvalue weighted by molar-refractivity contribution is 9.10. The molecule has 0 radical (unpaired) electrons. The lowest BCUT2D eigenvalue weighted by molar-refractivity contribution is 0.751. The smallest absolute Gasteiger partial charge is 0.269 e. The molecule has 18 heavy (non-hydrogen) atoms. The molecule has 0 N–H and O–H groups in total. The van der Waals surface area contributed by atoms with Crippen LogP contribution in [-0.2, 0) is 6.54 Å². The second-order valence-electron chi connectivity index (χ2n) is 4.01. The molecular formula is C14H11BrN2O. The molecule has 2 aromatic rings. The van der Waals surface area contributed by atoms with Crippen LogP contribution >= 0.6 is 15.9 Å². The number of nitriles is 1. The quantitative estimate of drug-likeness (QED) is 0.856. The number of aryl methyl sites for hydroxylation is 1. The van der Waals surface area contributed by atoms with E-state index in [0.717, 1.165) is 10.0 Å². The van der Waals surface area contributed by atoms with E-state index in [-0.39, 0.29) is 11.1 Å². The summed E-state index contributed by atoms with van der Waals surface area (Å²) in [5.41, 5.74) is 1.69. The summed E-state index contributed by atoms with van der Waals surface area (Å²) in [6.45, 7) is 2.22. The maximum Gasteiger partial charge on any atom is 0.269 e. The summed E-state index contributed by atoms with van der Waals surface area (Å²) in [7, 11) is 0. The fraction of sp³-hybridized carbons (Fsp3) is 0.143. The van der Waals surface area contributed by atoms with Crippen molar-refractivity contribution in [2.24, 2.45) is 0 Å². The van der Waals surface area contributed by atoms with Crippen LogP contribution in [0.15, 0.2) is 45.8 Å². The Morgan fingerprint density at radius 2 is 2.06 bits per heavy atom. The first kappa shape index (κ1) is 12.6. The van der Waals surface area contributed by atoms with E-state index in [1.54, 1.807) is 23.8 Å². The molecule has 4 heteroatoms. The second kappa shape index (κ2) is 5.19. The van der Waals surface area contributed by atoms with Gasteiger partial charge in [0, 0.05) is 10.7 Å². The van der Waals surface area contributed by atoms with E-state index in [4.69, 9.17) is 5.26 Å². The van der Waals surface area contributed by atoms with Crippen molar-refractivity contribution in [2.45, 2.75) is 13.5 Å². The lowest BCUT2D eigenvalue weighted by Gasteiger charge is -2.08. The van der Waals surface area contributed by atoms with E-state index in [9.17, 15) is 4.79 Å². The Bertz CT molecular complexity index is 683. The predicted octanol–water partition coefficient (Wildman–Crippen LogP) is 2.84. The fourth-order valence-corrected chi connectivity index (χ4v) is 2.15. The van der Waals surface area contributed by atoms with Crippen molar-refractivity contribution in [1.82, 2.24) is 4.57 Å². The van der Waals surface area contributed by atoms with E-state index in [0.29, 0.717) is 12.1 Å². The third kappa shape index (κ3) is 2.36. The Balaban J connectivity index is 2.46. The van der Waals surface area contributed by atoms with Gasteiger partial charge in [-0.25, -0.2) is 0 Å². The first-order chi connectivity index (χ1) is 8.63. The lowest BCUT2D eigenvalue weighted by atomic mass is 10.1. The average Bonchev–Trinajstić information content (AvgIpc) is 2.36. The van der Waals surface area contributed by atoms with E-state index in [1.165, 1.54) is 0 Å². The molecule has 0 saturated carbocycles. The molecule has 0 fully saturated rings. The van der Waals surface area contributed by atoms with Gasteiger partial charge in [-0.2, -0.15) is 5.26 Å². The van der Waals surface area contributed by atoms with Crippen LogP contribution in [0.25, 0.3) is 0 Å². The summed E-state index contributed by atoms with van der Waals surface area (Å²) >= 11 is 3.45. The topological polar surface area (TPSA) is 45.8 Å². The van der Waals surface area contributed by atoms with Crippen LogP contribution in [0.4, 0.5) is 0 Å². The van der Waals surface area contributed by atoms with Gasteiger partial charge in [0.05, 0.1) is 6.54 Å². The molecule has 2 rings (SSSR count). The minimum absolute atomic E-state index is 0.213. The maximum absolute atomic E-state index is 12.1. The summed E-state index contributed by atoms with van der Waals surface area (Å²) in [6, 6.07) is 11.5. The number of rotatable bonds is 2. The van der Waals surface area contributed by atoms with Crippen LogP contribution in [0.5, 0.6) is 0 Å². The van der Waals surface area contributed by atoms with E-state index in [1.807, 2.05) is 30.3 Å². The zero-order valence-corrected chi connectivity index (χ0v) is 11.4. The zero-order chi connectivity index (χ0) is 13.1. The molecule has 0 aliphatic carbocycles. The van der Waals surface area contributed by atoms with E-state index < -0.39 is 0 Å². The van der Waals surface area contributed by atoms with Crippen molar-refractivity contribution in [3.05, 3.63) is 68.0 Å². The molecule has 0 aliphatic rings. The Morgan fingerprint density at radius 3 is 2.72 bits per heavy atom. The molecule has 3 nitrogen and oxygen atoms in total. The highest BCUT2D eigenvalue weighted by Crippen LogP contribution is 2.16. The van der Waals surface area contributed by atoms with Crippen LogP contribution in [-0.4, -0.2) is 4.57 Å². The van der Waals surface area contributed by atoms with Crippen LogP contribution in [0.3, 0.4) is 0 Å². The molecule has 1 aromatic heterocycles. The Morgan fingerprint density at radius 1 is 1.33 bits per heavy atom. The number of hydrogen-bond donors (Lipinski definition) is 0. The minimum Gasteiger partial charge on any atom is -0.310 e. The third-order valence-corrected chi connectivity index (χ3v) is 3.56. The minimum atomic E-state index is -0.242. The van der Waals surface area contributed by atoms with Gasteiger partial charge in [-0.15, -0.1) is 0 Å². The van der Waals surface area contributed by atoms with Gasteiger partial charge in [0.15, 0.2) is 0 Å². The fourth-order valence-electron chi connectivity index (χ4n) is 1.74. The van der Waals surface area contributed by atoms with Crippen molar-refractivity contribution in [2.75, 3.05) is 0 Å². The Kier molecular flexibility index (Phi) is 3.63. The number of pyridine rings is 1. The monoisotopic (exact) mass is 302 g/mol. The molecule has 90 valence electrons. The van der Waals surface area contributed by atoms with Gasteiger partial charge in [0.25, 0.3) is 5.56 Å². The molecule has 0 unspecified atom stereocenters. The number of benzene rings is 1. The first-order valence-electron chi connectivity index (χ1n) is 5.47. The SMILES string of the molecule is Cc1ccn(Cc2ccccc2Br)c(=O)c1C#N. The molecule has 1 aromatic carbocycles. The molecule has 0 amide bonds. The van der Waals surface area contributed by atoms with Crippen LogP contribution in [0.2, 0.25) is 0 Å². The second-order valence-corrected chi connectivity index (χ2v) is 4.86. The summed E-state index contributed by atoms with van der Waals surface area (Å²) < 4.78 is 2.50. The first-order valence-corrected chi connectivity index (χ1v) is 6.26. The maximum atomic E-state index is 12.1. The lowest BCUT2D eigenvalue weighted by Crippen LogP contribution is -2.23. The third-order valence-electron chi connectivity index (χ3n) is 2.78. The van der Waals surface area contributed by atoms with Crippen LogP contribution in [0.1, 0.15) is 16.7 Å². The Hall–Kier alpha value is -1.86. The number of nitrogens with zero attached hydrogens (tertiary/aromatic N) is 2. The summed E-state index contributed by atoms with van der Waals surface area (Å²) in [5, 5.41) is 8.97. The standard InChI is InChI=1S/C14H11BrN2O/c1-10-6-7-17(14(18)12(10)8-16)9-11-4-2-3-5-13(11)15/h2-7H,9H2,1H3. The van der Waals surface area contributed by atoms with Crippen molar-refractivity contribution in [1.29, 1.82) is 5.26 Å². The molecular weight excluding hydrogens is 292 g/mol. The summed E-state index contributed by atoms with van der Waals surface area (Å²) in [4.78, 5) is 12.1. The normalized spacial score (nSPS) is 10.1. The van der Waals surface area contributed by atoms with Crippen LogP contribution in [0, 0.1) is 18.3 Å². The molecule has 0 spiro atoms. The van der Waals surface area contributed by atoms with Gasteiger partial charge in [-0.1, -0.05) is 34.1 Å². The number of hydrogen-bond acceptors (Lipinski definition) is 2. The average molecular weight is 303 g/mol. The van der Waals surface area contributed by atoms with Crippen molar-refractivity contribution in [3.63, 3.8) is 0 Å². The highest BCUT2D eigenvalue weighted by atomic mass is 79.9. The largest absolute Gasteiger partial charge is 0.310 e. The van der Waals surface area contributed by atoms with Gasteiger partial charge in [-0.05, 0) is 30.2 Å². The Labute approximate surface area is 113 Å². The predicted molar refractivity (Wildman–Crippen MR) is 73.4 cm³/mol. The molecule has 0 saturated heterocycles. The van der Waals surface area contributed by atoms with Gasteiger partial charge in [0.2, 0.25) is 0 Å². The highest BCUT2D eigenvalue weighted by Gasteiger charge is 2.07. The van der Waals surface area contributed by atoms with Crippen molar-refractivity contribution < 1.29 is 0 Å². The van der Waals surface area contributed by atoms with Crippen LogP contribution < -0.4 is 5.56 Å². The number of halogens is 1.